The van der Waals surface area contributed by atoms with Crippen LogP contribution in [0.1, 0.15) is 84.5 Å². The summed E-state index contributed by atoms with van der Waals surface area (Å²) in [7, 11) is 0. The third-order valence-corrected chi connectivity index (χ3v) is 6.05. The van der Waals surface area contributed by atoms with E-state index in [1.165, 1.54) is 32.1 Å². The molecule has 0 aliphatic heterocycles. The molecule has 0 spiro atoms. The van der Waals surface area contributed by atoms with E-state index in [4.69, 9.17) is 5.11 Å². The van der Waals surface area contributed by atoms with E-state index in [9.17, 15) is 39.3 Å². The predicted octanol–water partition coefficient (Wildman–Crippen LogP) is 1.32. The molecule has 0 aliphatic carbocycles. The molecule has 0 fully saturated rings. The molecule has 3 atom stereocenters. The zero-order valence-corrected chi connectivity index (χ0v) is 22.6. The van der Waals surface area contributed by atoms with E-state index in [2.05, 4.69) is 22.9 Å². The average Bonchev–Trinajstić information content (AvgIpc) is 2.82. The van der Waals surface area contributed by atoms with E-state index in [0.29, 0.717) is 13.0 Å². The molecule has 0 aromatic carbocycles. The van der Waals surface area contributed by atoms with Gasteiger partial charge in [-0.3, -0.25) is 34.2 Å². The number of aliphatic carboxylic acids is 4. The van der Waals surface area contributed by atoms with Crippen molar-refractivity contribution in [3.8, 4) is 0 Å². The van der Waals surface area contributed by atoms with Crippen LogP contribution in [0.2, 0.25) is 0 Å². The molecule has 13 nitrogen and oxygen atoms in total. The van der Waals surface area contributed by atoms with Crippen LogP contribution in [0.4, 0.5) is 0 Å². The second-order valence-corrected chi connectivity index (χ2v) is 9.36. The standard InChI is InChI=1S/C25H46N4O9/c1-3-5-6-7-8-9-10-11-12-13-26-25(38)19(14-20(30)31)28-24(18(4-2)27-15-21(32)33)29(16-22(34)35)17-23(36)37/h18-19,24,27-28H,3-17H2,1-2H3,(H,26,38)(H,30,31)(H,32,33)(H,34,35)(H,36,37). The summed E-state index contributed by atoms with van der Waals surface area (Å²) in [5.74, 6) is -5.76. The van der Waals surface area contributed by atoms with Gasteiger partial charge in [-0.1, -0.05) is 65.2 Å². The highest BCUT2D eigenvalue weighted by molar-refractivity contribution is 5.86. The van der Waals surface area contributed by atoms with Crippen molar-refractivity contribution in [1.29, 1.82) is 0 Å². The van der Waals surface area contributed by atoms with Gasteiger partial charge in [0.2, 0.25) is 5.91 Å². The van der Waals surface area contributed by atoms with Crippen LogP contribution in [0, 0.1) is 0 Å². The fraction of sp³-hybridized carbons (Fsp3) is 0.800. The molecule has 0 aromatic heterocycles. The number of unbranched alkanes of at least 4 members (excludes halogenated alkanes) is 8. The third-order valence-electron chi connectivity index (χ3n) is 6.05. The third kappa shape index (κ3) is 17.6. The minimum atomic E-state index is -1.34. The average molecular weight is 547 g/mol. The van der Waals surface area contributed by atoms with E-state index in [1.54, 1.807) is 6.92 Å². The second-order valence-electron chi connectivity index (χ2n) is 9.36. The van der Waals surface area contributed by atoms with Gasteiger partial charge in [0.15, 0.2) is 0 Å². The quantitative estimate of drug-likeness (QED) is 0.0639. The van der Waals surface area contributed by atoms with Gasteiger partial charge in [-0.05, 0) is 12.8 Å². The fourth-order valence-electron chi connectivity index (χ4n) is 4.15. The maximum Gasteiger partial charge on any atom is 0.317 e. The highest BCUT2D eigenvalue weighted by Crippen LogP contribution is 2.11. The van der Waals surface area contributed by atoms with Crippen LogP contribution in [0.25, 0.3) is 0 Å². The summed E-state index contributed by atoms with van der Waals surface area (Å²) in [4.78, 5) is 59.4. The minimum absolute atomic E-state index is 0.237. The van der Waals surface area contributed by atoms with E-state index < -0.39 is 74.1 Å². The Hall–Kier alpha value is -2.77. The summed E-state index contributed by atoms with van der Waals surface area (Å²) in [5, 5.41) is 45.3. The van der Waals surface area contributed by atoms with Gasteiger partial charge >= 0.3 is 23.9 Å². The molecular weight excluding hydrogens is 500 g/mol. The number of carbonyl (C=O) groups excluding carboxylic acids is 1. The number of carbonyl (C=O) groups is 5. The van der Waals surface area contributed by atoms with Gasteiger partial charge < -0.3 is 31.1 Å². The molecule has 0 saturated carbocycles. The number of hydrogen-bond acceptors (Lipinski definition) is 8. The molecule has 0 rings (SSSR count). The van der Waals surface area contributed by atoms with Crippen LogP contribution >= 0.6 is 0 Å². The van der Waals surface area contributed by atoms with E-state index in [0.717, 1.165) is 24.2 Å². The lowest BCUT2D eigenvalue weighted by atomic mass is 10.1. The van der Waals surface area contributed by atoms with E-state index >= 15 is 0 Å². The van der Waals surface area contributed by atoms with Crippen molar-refractivity contribution in [3.63, 3.8) is 0 Å². The van der Waals surface area contributed by atoms with Crippen LogP contribution in [-0.4, -0.2) is 99.5 Å². The smallest absolute Gasteiger partial charge is 0.317 e. The van der Waals surface area contributed by atoms with Gasteiger partial charge in [-0.15, -0.1) is 0 Å². The van der Waals surface area contributed by atoms with Gasteiger partial charge in [-0.2, -0.15) is 0 Å². The summed E-state index contributed by atoms with van der Waals surface area (Å²) >= 11 is 0. The maximum absolute atomic E-state index is 12.9. The van der Waals surface area contributed by atoms with E-state index in [1.807, 2.05) is 0 Å². The largest absolute Gasteiger partial charge is 0.481 e. The molecule has 0 saturated heterocycles. The monoisotopic (exact) mass is 546 g/mol. The molecule has 0 heterocycles. The Labute approximate surface area is 224 Å². The van der Waals surface area contributed by atoms with Crippen LogP contribution < -0.4 is 16.0 Å². The molecule has 220 valence electrons. The Morgan fingerprint density at radius 3 is 1.68 bits per heavy atom. The topological polar surface area (TPSA) is 206 Å². The first kappa shape index (κ1) is 35.2. The van der Waals surface area contributed by atoms with Crippen molar-refractivity contribution in [3.05, 3.63) is 0 Å². The summed E-state index contributed by atoms with van der Waals surface area (Å²) in [6, 6.07) is -2.10. The highest BCUT2D eigenvalue weighted by Gasteiger charge is 2.34. The van der Waals surface area contributed by atoms with Gasteiger partial charge in [0.1, 0.15) is 0 Å². The van der Waals surface area contributed by atoms with Crippen LogP contribution in [0.5, 0.6) is 0 Å². The van der Waals surface area contributed by atoms with Gasteiger partial charge in [0.25, 0.3) is 0 Å². The molecule has 38 heavy (non-hydrogen) atoms. The molecule has 0 aromatic rings. The normalized spacial score (nSPS) is 13.6. The van der Waals surface area contributed by atoms with Crippen molar-refractivity contribution in [2.45, 2.75) is 103 Å². The van der Waals surface area contributed by atoms with E-state index in [-0.39, 0.29) is 6.42 Å². The predicted molar refractivity (Wildman–Crippen MR) is 140 cm³/mol. The summed E-state index contributed by atoms with van der Waals surface area (Å²) in [6.07, 6.45) is 8.31. The fourth-order valence-corrected chi connectivity index (χ4v) is 4.15. The zero-order valence-electron chi connectivity index (χ0n) is 22.6. The number of hydrogen-bond donors (Lipinski definition) is 7. The Morgan fingerprint density at radius 1 is 0.711 bits per heavy atom. The Bertz CT molecular complexity index is 720. The van der Waals surface area contributed by atoms with Crippen molar-refractivity contribution in [1.82, 2.24) is 20.9 Å². The van der Waals surface area contributed by atoms with Crippen molar-refractivity contribution in [2.75, 3.05) is 26.2 Å². The van der Waals surface area contributed by atoms with Gasteiger partial charge in [-0.25, -0.2) is 0 Å². The molecule has 0 aliphatic rings. The van der Waals surface area contributed by atoms with Crippen molar-refractivity contribution >= 4 is 29.8 Å². The van der Waals surface area contributed by atoms with Crippen LogP contribution in [0.3, 0.4) is 0 Å². The molecule has 3 unspecified atom stereocenters. The van der Waals surface area contributed by atoms with Crippen LogP contribution in [-0.2, 0) is 24.0 Å². The first-order chi connectivity index (χ1) is 18.0. The Morgan fingerprint density at radius 2 is 1.24 bits per heavy atom. The number of carboxylic acids is 4. The zero-order chi connectivity index (χ0) is 28.9. The lowest BCUT2D eigenvalue weighted by Crippen LogP contribution is -2.64. The van der Waals surface area contributed by atoms with Crippen molar-refractivity contribution in [2.24, 2.45) is 0 Å². The second kappa shape index (κ2) is 21.2. The number of nitrogens with one attached hydrogen (secondary N) is 3. The number of nitrogens with zero attached hydrogens (tertiary/aromatic N) is 1. The Kier molecular flexibility index (Phi) is 19.6. The molecular formula is C25H46N4O9. The number of carboxylic acid groups (broad SMARTS) is 4. The van der Waals surface area contributed by atoms with Crippen LogP contribution in [0.15, 0.2) is 0 Å². The molecule has 0 radical (unpaired) electrons. The first-order valence-electron chi connectivity index (χ1n) is 13.4. The maximum atomic E-state index is 12.9. The first-order valence-corrected chi connectivity index (χ1v) is 13.4. The SMILES string of the molecule is CCCCCCCCCCCNC(=O)C(CC(=O)O)NC(C(CC)NCC(=O)O)N(CC(=O)O)CC(=O)O. The molecule has 7 N–H and O–H groups in total. The molecule has 1 amide bonds. The summed E-state index contributed by atoms with van der Waals surface area (Å²) in [6.45, 7) is 2.22. The number of rotatable bonds is 25. The summed E-state index contributed by atoms with van der Waals surface area (Å²) < 4.78 is 0. The number of amides is 1. The molecule has 0 bridgehead atoms. The lowest BCUT2D eigenvalue weighted by molar-refractivity contribution is -0.145. The molecule has 13 heteroatoms. The summed E-state index contributed by atoms with van der Waals surface area (Å²) in [5.41, 5.74) is 0. The highest BCUT2D eigenvalue weighted by atomic mass is 16.4. The lowest BCUT2D eigenvalue weighted by Gasteiger charge is -2.38. The van der Waals surface area contributed by atoms with Gasteiger partial charge in [0, 0.05) is 12.6 Å². The van der Waals surface area contributed by atoms with Gasteiger partial charge in [0.05, 0.1) is 38.3 Å². The minimum Gasteiger partial charge on any atom is -0.481 e. The van der Waals surface area contributed by atoms with Crippen molar-refractivity contribution < 1.29 is 44.4 Å². The Balaban J connectivity index is 5.33.